The highest BCUT2D eigenvalue weighted by molar-refractivity contribution is 7.80. The van der Waals surface area contributed by atoms with Crippen molar-refractivity contribution in [1.29, 1.82) is 0 Å². The first-order valence-corrected chi connectivity index (χ1v) is 5.68. The number of carbonyl (C=O) groups excluding carboxylic acids is 2. The summed E-state index contributed by atoms with van der Waals surface area (Å²) in [5.74, 6) is -1.19. The lowest BCUT2D eigenvalue weighted by Crippen LogP contribution is -2.47. The minimum absolute atomic E-state index is 0.00280. The summed E-state index contributed by atoms with van der Waals surface area (Å²) in [5, 5.41) is 2.38. The van der Waals surface area contributed by atoms with Crippen molar-refractivity contribution in [3.05, 3.63) is 0 Å². The van der Waals surface area contributed by atoms with Crippen molar-refractivity contribution < 1.29 is 9.59 Å². The van der Waals surface area contributed by atoms with Gasteiger partial charge < -0.3 is 16.0 Å². The molecule has 0 saturated heterocycles. The van der Waals surface area contributed by atoms with Crippen molar-refractivity contribution in [2.24, 2.45) is 5.73 Å². The van der Waals surface area contributed by atoms with Crippen LogP contribution in [0.4, 0.5) is 0 Å². The van der Waals surface area contributed by atoms with Crippen molar-refractivity contribution in [1.82, 2.24) is 10.2 Å². The standard InChI is InChI=1S/C10H19N3O2S/c1-4-5-13(7(2)3)10(15)9(14)12-6-8(11)16/h7H,4-6H2,1-3H3,(H2,11,16)(H,12,14). The summed E-state index contributed by atoms with van der Waals surface area (Å²) < 4.78 is 0. The van der Waals surface area contributed by atoms with Gasteiger partial charge in [0.05, 0.1) is 11.5 Å². The number of hydrogen-bond donors (Lipinski definition) is 2. The van der Waals surface area contributed by atoms with E-state index in [0.717, 1.165) is 6.42 Å². The normalized spacial score (nSPS) is 10.0. The molecule has 0 radical (unpaired) electrons. The molecule has 0 atom stereocenters. The summed E-state index contributed by atoms with van der Waals surface area (Å²) in [6.07, 6.45) is 0.812. The van der Waals surface area contributed by atoms with Crippen molar-refractivity contribution in [2.45, 2.75) is 33.2 Å². The second-order valence-corrected chi connectivity index (χ2v) is 4.27. The molecule has 0 bridgehead atoms. The number of carbonyl (C=O) groups is 2. The topological polar surface area (TPSA) is 75.4 Å². The van der Waals surface area contributed by atoms with Crippen LogP contribution in [0.1, 0.15) is 27.2 Å². The van der Waals surface area contributed by atoms with Crippen molar-refractivity contribution in [2.75, 3.05) is 13.1 Å². The maximum Gasteiger partial charge on any atom is 0.312 e. The molecule has 0 aliphatic heterocycles. The molecule has 0 saturated carbocycles. The highest BCUT2D eigenvalue weighted by atomic mass is 32.1. The summed E-state index contributed by atoms with van der Waals surface area (Å²) in [5.41, 5.74) is 5.23. The number of hydrogen-bond acceptors (Lipinski definition) is 3. The van der Waals surface area contributed by atoms with Gasteiger partial charge in [0.1, 0.15) is 0 Å². The summed E-state index contributed by atoms with van der Waals surface area (Å²) in [6.45, 7) is 6.31. The van der Waals surface area contributed by atoms with Crippen LogP contribution < -0.4 is 11.1 Å². The Kier molecular flexibility index (Phi) is 6.64. The van der Waals surface area contributed by atoms with Crippen molar-refractivity contribution in [3.8, 4) is 0 Å². The van der Waals surface area contributed by atoms with Crippen LogP contribution in [0.25, 0.3) is 0 Å². The van der Waals surface area contributed by atoms with Crippen LogP contribution in [-0.2, 0) is 9.59 Å². The first-order chi connectivity index (χ1) is 7.40. The van der Waals surface area contributed by atoms with E-state index in [0.29, 0.717) is 6.54 Å². The molecular weight excluding hydrogens is 226 g/mol. The molecule has 5 nitrogen and oxygen atoms in total. The highest BCUT2D eigenvalue weighted by Gasteiger charge is 2.22. The average molecular weight is 245 g/mol. The first-order valence-electron chi connectivity index (χ1n) is 5.27. The van der Waals surface area contributed by atoms with Gasteiger partial charge in [-0.1, -0.05) is 19.1 Å². The lowest BCUT2D eigenvalue weighted by Gasteiger charge is -2.25. The minimum Gasteiger partial charge on any atom is -0.392 e. The average Bonchev–Trinajstić information content (AvgIpc) is 2.20. The number of rotatable bonds is 5. The largest absolute Gasteiger partial charge is 0.392 e. The van der Waals surface area contributed by atoms with E-state index < -0.39 is 11.8 Å². The number of nitrogens with two attached hydrogens (primary N) is 1. The molecule has 0 aromatic rings. The second-order valence-electron chi connectivity index (χ2n) is 3.74. The Morgan fingerprint density at radius 2 is 2.00 bits per heavy atom. The maximum atomic E-state index is 11.7. The summed E-state index contributed by atoms with van der Waals surface area (Å²) in [6, 6.07) is 0.00280. The van der Waals surface area contributed by atoms with Crippen LogP contribution in [0.2, 0.25) is 0 Å². The van der Waals surface area contributed by atoms with Crippen molar-refractivity contribution >= 4 is 29.0 Å². The van der Waals surface area contributed by atoms with Gasteiger partial charge in [-0.3, -0.25) is 9.59 Å². The predicted molar refractivity (Wildman–Crippen MR) is 66.9 cm³/mol. The minimum atomic E-state index is -0.657. The zero-order chi connectivity index (χ0) is 12.7. The molecule has 0 aliphatic carbocycles. The third-order valence-corrected chi connectivity index (χ3v) is 2.11. The van der Waals surface area contributed by atoms with Gasteiger partial charge >= 0.3 is 11.8 Å². The molecule has 0 aromatic heterocycles. The third-order valence-electron chi connectivity index (χ3n) is 1.97. The van der Waals surface area contributed by atoms with Gasteiger partial charge in [0.25, 0.3) is 0 Å². The summed E-state index contributed by atoms with van der Waals surface area (Å²) in [7, 11) is 0. The van der Waals surface area contributed by atoms with Crippen molar-refractivity contribution in [3.63, 3.8) is 0 Å². The zero-order valence-corrected chi connectivity index (χ0v) is 10.8. The van der Waals surface area contributed by atoms with Crippen LogP contribution in [0.5, 0.6) is 0 Å². The highest BCUT2D eigenvalue weighted by Crippen LogP contribution is 2.00. The van der Waals surface area contributed by atoms with Gasteiger partial charge in [0.15, 0.2) is 0 Å². The molecule has 16 heavy (non-hydrogen) atoms. The maximum absolute atomic E-state index is 11.7. The van der Waals surface area contributed by atoms with E-state index in [4.69, 9.17) is 5.73 Å². The molecular formula is C10H19N3O2S. The monoisotopic (exact) mass is 245 g/mol. The molecule has 0 heterocycles. The van der Waals surface area contributed by atoms with E-state index in [1.165, 1.54) is 4.90 Å². The fourth-order valence-corrected chi connectivity index (χ4v) is 1.28. The number of nitrogens with zero attached hydrogens (tertiary/aromatic N) is 1. The molecule has 3 N–H and O–H groups in total. The third kappa shape index (κ3) is 5.06. The van der Waals surface area contributed by atoms with Crippen LogP contribution in [0.15, 0.2) is 0 Å². The van der Waals surface area contributed by atoms with Gasteiger partial charge in [-0.05, 0) is 20.3 Å². The SMILES string of the molecule is CCCN(C(=O)C(=O)NCC(N)=S)C(C)C. The van der Waals surface area contributed by atoms with Crippen LogP contribution >= 0.6 is 12.2 Å². The molecule has 2 amide bonds. The van der Waals surface area contributed by atoms with Gasteiger partial charge in [-0.25, -0.2) is 0 Å². The Morgan fingerprint density at radius 1 is 1.44 bits per heavy atom. The summed E-state index contributed by atoms with van der Waals surface area (Å²) in [4.78, 5) is 24.9. The first kappa shape index (κ1) is 14.8. The molecule has 0 unspecified atom stereocenters. The number of thiocarbonyl (C=S) groups is 1. The molecule has 0 rings (SSSR count). The Morgan fingerprint density at radius 3 is 2.38 bits per heavy atom. The molecule has 92 valence electrons. The predicted octanol–water partition coefficient (Wildman–Crippen LogP) is 0.0357. The Balaban J connectivity index is 4.37. The van der Waals surface area contributed by atoms with E-state index in [-0.39, 0.29) is 17.6 Å². The Hall–Kier alpha value is -1.17. The van der Waals surface area contributed by atoms with E-state index in [2.05, 4.69) is 17.5 Å². The Bertz CT molecular complexity index is 279. The number of nitrogens with one attached hydrogen (secondary N) is 1. The summed E-state index contributed by atoms with van der Waals surface area (Å²) >= 11 is 4.61. The van der Waals surface area contributed by atoms with Gasteiger partial charge in [0, 0.05) is 12.6 Å². The zero-order valence-electron chi connectivity index (χ0n) is 9.95. The van der Waals surface area contributed by atoms with E-state index >= 15 is 0 Å². The van der Waals surface area contributed by atoms with Crippen LogP contribution in [0, 0.1) is 0 Å². The van der Waals surface area contributed by atoms with Crippen LogP contribution in [0.3, 0.4) is 0 Å². The van der Waals surface area contributed by atoms with Gasteiger partial charge in [-0.15, -0.1) is 0 Å². The van der Waals surface area contributed by atoms with E-state index in [9.17, 15) is 9.59 Å². The second kappa shape index (κ2) is 7.16. The molecule has 0 aliphatic rings. The van der Waals surface area contributed by atoms with E-state index in [1.807, 2.05) is 20.8 Å². The Labute approximate surface area is 101 Å². The molecule has 6 heteroatoms. The fourth-order valence-electron chi connectivity index (χ4n) is 1.21. The molecule has 0 spiro atoms. The quantitative estimate of drug-likeness (QED) is 0.529. The van der Waals surface area contributed by atoms with Gasteiger partial charge in [0.2, 0.25) is 0 Å². The molecule has 0 fully saturated rings. The number of amides is 2. The van der Waals surface area contributed by atoms with E-state index in [1.54, 1.807) is 0 Å². The van der Waals surface area contributed by atoms with Gasteiger partial charge in [-0.2, -0.15) is 0 Å². The fraction of sp³-hybridized carbons (Fsp3) is 0.700. The lowest BCUT2D eigenvalue weighted by molar-refractivity contribution is -0.146. The smallest absolute Gasteiger partial charge is 0.312 e. The molecule has 0 aromatic carbocycles. The lowest BCUT2D eigenvalue weighted by atomic mass is 10.2. The van der Waals surface area contributed by atoms with Crippen LogP contribution in [-0.4, -0.2) is 40.8 Å².